The molecular weight excluding hydrogens is 412 g/mol. The van der Waals surface area contributed by atoms with E-state index in [-0.39, 0.29) is 10.8 Å². The molecule has 0 saturated carbocycles. The topological polar surface area (TPSA) is 105 Å². The van der Waals surface area contributed by atoms with Crippen LogP contribution in [0.25, 0.3) is 22.4 Å². The average Bonchev–Trinajstić information content (AvgIpc) is 3.21. The van der Waals surface area contributed by atoms with Crippen LogP contribution in [0.2, 0.25) is 0 Å². The summed E-state index contributed by atoms with van der Waals surface area (Å²) in [5.41, 5.74) is 3.64. The van der Waals surface area contributed by atoms with Gasteiger partial charge in [-0.2, -0.15) is 0 Å². The molecule has 0 atom stereocenters. The smallest absolute Gasteiger partial charge is 0.255 e. The number of nitrogens with zero attached hydrogens (tertiary/aromatic N) is 2. The molecule has 0 spiro atoms. The molecule has 2 N–H and O–H groups in total. The van der Waals surface area contributed by atoms with Crippen molar-refractivity contribution in [3.63, 3.8) is 0 Å². The van der Waals surface area contributed by atoms with Crippen LogP contribution in [0.15, 0.2) is 71.9 Å². The van der Waals surface area contributed by atoms with Gasteiger partial charge in [0.25, 0.3) is 5.91 Å². The molecule has 0 aliphatic carbocycles. The van der Waals surface area contributed by atoms with Gasteiger partial charge < -0.3 is 10.3 Å². The molecular formula is C23H22N4O3S. The number of benzene rings is 2. The van der Waals surface area contributed by atoms with Gasteiger partial charge in [0.2, 0.25) is 0 Å². The quantitative estimate of drug-likeness (QED) is 0.481. The minimum absolute atomic E-state index is 0.250. The minimum atomic E-state index is -3.34. The van der Waals surface area contributed by atoms with Gasteiger partial charge in [0.05, 0.1) is 27.6 Å². The van der Waals surface area contributed by atoms with Crippen molar-refractivity contribution in [3.8, 4) is 11.3 Å². The summed E-state index contributed by atoms with van der Waals surface area (Å²) < 4.78 is 24.7. The third-order valence-corrected chi connectivity index (χ3v) is 7.19. The number of hydrogen-bond donors (Lipinski definition) is 2. The van der Waals surface area contributed by atoms with Crippen molar-refractivity contribution in [2.45, 2.75) is 30.5 Å². The Morgan fingerprint density at radius 3 is 2.45 bits per heavy atom. The second-order valence-electron chi connectivity index (χ2n) is 7.44. The maximum atomic E-state index is 12.7. The highest BCUT2D eigenvalue weighted by Crippen LogP contribution is 2.24. The van der Waals surface area contributed by atoms with Gasteiger partial charge in [0.15, 0.2) is 15.5 Å². The second-order valence-corrected chi connectivity index (χ2v) is 9.95. The van der Waals surface area contributed by atoms with Crippen LogP contribution in [-0.2, 0) is 16.4 Å². The molecule has 4 rings (SSSR count). The average molecular weight is 435 g/mol. The lowest BCUT2D eigenvalue weighted by Crippen LogP contribution is -2.22. The first-order valence-corrected chi connectivity index (χ1v) is 11.4. The number of aromatic amines is 1. The Kier molecular flexibility index (Phi) is 5.56. The summed E-state index contributed by atoms with van der Waals surface area (Å²) in [4.78, 5) is 24.9. The molecule has 7 nitrogen and oxygen atoms in total. The van der Waals surface area contributed by atoms with Crippen LogP contribution in [0, 0.1) is 0 Å². The molecule has 0 unspecified atom stereocenters. The van der Waals surface area contributed by atoms with Crippen LogP contribution in [-0.4, -0.2) is 34.5 Å². The number of rotatable bonds is 6. The molecule has 0 fully saturated rings. The Morgan fingerprint density at radius 2 is 1.77 bits per heavy atom. The molecule has 2 aromatic heterocycles. The van der Waals surface area contributed by atoms with Gasteiger partial charge in [-0.15, -0.1) is 0 Å². The number of fused-ring (bicyclic) bond motifs is 1. The number of amides is 1. The summed E-state index contributed by atoms with van der Waals surface area (Å²) >= 11 is 0. The molecule has 2 heterocycles. The molecule has 0 bridgehead atoms. The molecule has 0 radical (unpaired) electrons. The Morgan fingerprint density at radius 1 is 1.06 bits per heavy atom. The monoisotopic (exact) mass is 434 g/mol. The van der Waals surface area contributed by atoms with Crippen molar-refractivity contribution in [3.05, 3.63) is 78.1 Å². The van der Waals surface area contributed by atoms with Gasteiger partial charge in [0, 0.05) is 18.3 Å². The number of H-pyrrole nitrogens is 1. The number of carbonyl (C=O) groups is 1. The Bertz CT molecular complexity index is 1330. The molecule has 1 amide bonds. The zero-order valence-corrected chi connectivity index (χ0v) is 18.0. The third-order valence-electron chi connectivity index (χ3n) is 5.02. The predicted molar refractivity (Wildman–Crippen MR) is 119 cm³/mol. The van der Waals surface area contributed by atoms with Gasteiger partial charge in [-0.05, 0) is 31.5 Å². The highest BCUT2D eigenvalue weighted by molar-refractivity contribution is 7.92. The predicted octanol–water partition coefficient (Wildman–Crippen LogP) is 3.74. The zero-order chi connectivity index (χ0) is 22.0. The van der Waals surface area contributed by atoms with E-state index in [1.807, 2.05) is 30.3 Å². The van der Waals surface area contributed by atoms with Crippen LogP contribution >= 0.6 is 0 Å². The summed E-state index contributed by atoms with van der Waals surface area (Å²) in [6.45, 7) is 3.71. The van der Waals surface area contributed by atoms with Gasteiger partial charge in [-0.3, -0.25) is 4.79 Å². The molecule has 8 heteroatoms. The lowest BCUT2D eigenvalue weighted by atomic mass is 10.1. The number of nitrogens with one attached hydrogen (secondary N) is 2. The van der Waals surface area contributed by atoms with Crippen molar-refractivity contribution in [1.29, 1.82) is 0 Å². The van der Waals surface area contributed by atoms with E-state index in [4.69, 9.17) is 0 Å². The van der Waals surface area contributed by atoms with Gasteiger partial charge >= 0.3 is 0 Å². The van der Waals surface area contributed by atoms with Crippen molar-refractivity contribution in [1.82, 2.24) is 20.3 Å². The number of hydrogen-bond acceptors (Lipinski definition) is 5. The van der Waals surface area contributed by atoms with Crippen LogP contribution < -0.4 is 5.32 Å². The number of carbonyl (C=O) groups excluding carboxylic acids is 1. The van der Waals surface area contributed by atoms with E-state index in [0.29, 0.717) is 34.5 Å². The summed E-state index contributed by atoms with van der Waals surface area (Å²) in [5, 5.41) is 2.40. The first-order chi connectivity index (χ1) is 14.9. The largest absolute Gasteiger partial charge is 0.348 e. The van der Waals surface area contributed by atoms with Crippen LogP contribution in [0.3, 0.4) is 0 Å². The van der Waals surface area contributed by atoms with Crippen LogP contribution in [0.1, 0.15) is 29.8 Å². The fourth-order valence-electron chi connectivity index (χ4n) is 3.16. The summed E-state index contributed by atoms with van der Waals surface area (Å²) in [7, 11) is -3.34. The third kappa shape index (κ3) is 4.20. The molecule has 4 aromatic rings. The molecule has 158 valence electrons. The van der Waals surface area contributed by atoms with E-state index in [1.54, 1.807) is 50.5 Å². The molecule has 0 aliphatic rings. The van der Waals surface area contributed by atoms with E-state index < -0.39 is 15.1 Å². The zero-order valence-electron chi connectivity index (χ0n) is 17.2. The first-order valence-electron chi connectivity index (χ1n) is 9.87. The highest BCUT2D eigenvalue weighted by Gasteiger charge is 2.19. The lowest BCUT2D eigenvalue weighted by Gasteiger charge is -2.08. The van der Waals surface area contributed by atoms with Crippen LogP contribution in [0.5, 0.6) is 0 Å². The summed E-state index contributed by atoms with van der Waals surface area (Å²) in [5.74, 6) is -0.250. The van der Waals surface area contributed by atoms with Crippen molar-refractivity contribution in [2.75, 3.05) is 0 Å². The first kappa shape index (κ1) is 20.7. The van der Waals surface area contributed by atoms with Gasteiger partial charge in [-0.1, -0.05) is 42.5 Å². The van der Waals surface area contributed by atoms with E-state index in [9.17, 15) is 13.2 Å². The molecule has 0 saturated heterocycles. The van der Waals surface area contributed by atoms with Crippen molar-refractivity contribution < 1.29 is 13.2 Å². The van der Waals surface area contributed by atoms with Gasteiger partial charge in [-0.25, -0.2) is 18.4 Å². The van der Waals surface area contributed by atoms with Gasteiger partial charge in [0.1, 0.15) is 5.52 Å². The molecule has 0 aliphatic heterocycles. The standard InChI is InChI=1S/C23H22N4O3S/c1-15(2)31(29,30)18-10-8-17(9-11-18)20-14-25-22-21(27-20)19(13-24-22)23(28)26-12-16-6-4-3-5-7-16/h3-11,13-15H,12H2,1-2H3,(H,24,25)(H,26,28). The fraction of sp³-hybridized carbons (Fsp3) is 0.174. The highest BCUT2D eigenvalue weighted by atomic mass is 32.2. The minimum Gasteiger partial charge on any atom is -0.348 e. The van der Waals surface area contributed by atoms with E-state index in [1.165, 1.54) is 0 Å². The number of aromatic nitrogens is 3. The maximum Gasteiger partial charge on any atom is 0.255 e. The van der Waals surface area contributed by atoms with E-state index in [2.05, 4.69) is 20.3 Å². The summed E-state index contributed by atoms with van der Waals surface area (Å²) in [6.07, 6.45) is 3.18. The second kappa shape index (κ2) is 8.31. The Labute approximate surface area is 180 Å². The van der Waals surface area contributed by atoms with E-state index >= 15 is 0 Å². The van der Waals surface area contributed by atoms with Crippen LogP contribution in [0.4, 0.5) is 0 Å². The van der Waals surface area contributed by atoms with Crippen molar-refractivity contribution in [2.24, 2.45) is 0 Å². The molecule has 2 aromatic carbocycles. The SMILES string of the molecule is CC(C)S(=O)(=O)c1ccc(-c2cnc3[nH]cc(C(=O)NCc4ccccc4)c3n2)cc1. The van der Waals surface area contributed by atoms with Crippen molar-refractivity contribution >= 4 is 26.9 Å². The normalized spacial score (nSPS) is 11.7. The lowest BCUT2D eigenvalue weighted by molar-refractivity contribution is 0.0952. The number of sulfone groups is 1. The van der Waals surface area contributed by atoms with E-state index in [0.717, 1.165) is 5.56 Å². The summed E-state index contributed by atoms with van der Waals surface area (Å²) in [6, 6.07) is 16.2. The maximum absolute atomic E-state index is 12.7. The molecule has 31 heavy (non-hydrogen) atoms. The Balaban J connectivity index is 1.60. The fourth-order valence-corrected chi connectivity index (χ4v) is 4.22. The Hall–Kier alpha value is -3.52.